The van der Waals surface area contributed by atoms with Gasteiger partial charge in [-0.3, -0.25) is 4.90 Å². The summed E-state index contributed by atoms with van der Waals surface area (Å²) in [6.07, 6.45) is 3.70. The van der Waals surface area contributed by atoms with Crippen LogP contribution in [-0.2, 0) is 5.88 Å². The number of alkyl halides is 1. The summed E-state index contributed by atoms with van der Waals surface area (Å²) < 4.78 is 0. The van der Waals surface area contributed by atoms with Gasteiger partial charge in [0.15, 0.2) is 0 Å². The van der Waals surface area contributed by atoms with E-state index in [9.17, 15) is 0 Å². The first-order chi connectivity index (χ1) is 9.15. The largest absolute Gasteiger partial charge is 0.305 e. The molecule has 1 saturated heterocycles. The summed E-state index contributed by atoms with van der Waals surface area (Å²) in [5.41, 5.74) is 1.01. The maximum Gasteiger partial charge on any atom is 0.110 e. The molecular formula is C14H24ClN3S. The van der Waals surface area contributed by atoms with Crippen molar-refractivity contribution in [1.29, 1.82) is 0 Å². The summed E-state index contributed by atoms with van der Waals surface area (Å²) >= 11 is 7.61. The van der Waals surface area contributed by atoms with Crippen molar-refractivity contribution in [3.8, 4) is 0 Å². The molecule has 19 heavy (non-hydrogen) atoms. The van der Waals surface area contributed by atoms with Crippen LogP contribution >= 0.6 is 22.9 Å². The van der Waals surface area contributed by atoms with Crippen LogP contribution in [0.4, 0.5) is 0 Å². The van der Waals surface area contributed by atoms with Crippen molar-refractivity contribution in [2.24, 2.45) is 0 Å². The second kappa shape index (κ2) is 7.02. The van der Waals surface area contributed by atoms with Crippen LogP contribution in [0.3, 0.4) is 0 Å². The molecule has 0 spiro atoms. The van der Waals surface area contributed by atoms with Crippen molar-refractivity contribution in [2.45, 2.75) is 44.1 Å². The number of halogens is 1. The quantitative estimate of drug-likeness (QED) is 0.778. The van der Waals surface area contributed by atoms with E-state index >= 15 is 0 Å². The third kappa shape index (κ3) is 3.69. The van der Waals surface area contributed by atoms with E-state index in [0.29, 0.717) is 18.0 Å². The Morgan fingerprint density at radius 1 is 1.63 bits per heavy atom. The van der Waals surface area contributed by atoms with Crippen LogP contribution in [-0.4, -0.2) is 48.0 Å². The van der Waals surface area contributed by atoms with Crippen LogP contribution in [0.5, 0.6) is 0 Å². The molecule has 1 fully saturated rings. The zero-order valence-corrected chi connectivity index (χ0v) is 13.7. The highest BCUT2D eigenvalue weighted by Crippen LogP contribution is 2.30. The van der Waals surface area contributed by atoms with Gasteiger partial charge >= 0.3 is 0 Å². The summed E-state index contributed by atoms with van der Waals surface area (Å²) in [6, 6.07) is 1.07. The van der Waals surface area contributed by atoms with Gasteiger partial charge in [-0.1, -0.05) is 6.92 Å². The first-order valence-corrected chi connectivity index (χ1v) is 8.47. The second-order valence-corrected chi connectivity index (χ2v) is 6.62. The van der Waals surface area contributed by atoms with Gasteiger partial charge in [0.1, 0.15) is 5.01 Å². The normalized spacial score (nSPS) is 22.9. The number of piperidine rings is 1. The minimum Gasteiger partial charge on any atom is -0.305 e. The Hall–Kier alpha value is -0.160. The maximum atomic E-state index is 5.86. The summed E-state index contributed by atoms with van der Waals surface area (Å²) in [4.78, 5) is 9.62. The third-order valence-corrected chi connectivity index (χ3v) is 5.31. The Balaban J connectivity index is 2.07. The van der Waals surface area contributed by atoms with Crippen LogP contribution in [0.25, 0.3) is 0 Å². The molecule has 0 N–H and O–H groups in total. The first-order valence-electron chi connectivity index (χ1n) is 7.06. The number of aromatic nitrogens is 1. The standard InChI is InChI=1S/C14H24ClN3S/c1-4-13(14-16-11(8-15)10-19-14)18(3)12-6-5-7-17(2)9-12/h10,12-13H,4-9H2,1-3H3. The number of hydrogen-bond acceptors (Lipinski definition) is 4. The van der Waals surface area contributed by atoms with E-state index < -0.39 is 0 Å². The lowest BCUT2D eigenvalue weighted by Gasteiger charge is -2.39. The molecule has 5 heteroatoms. The van der Waals surface area contributed by atoms with E-state index in [1.54, 1.807) is 11.3 Å². The van der Waals surface area contributed by atoms with Crippen LogP contribution in [0, 0.1) is 0 Å². The van der Waals surface area contributed by atoms with E-state index in [1.165, 1.54) is 30.9 Å². The SMILES string of the molecule is CCC(c1nc(CCl)cs1)N(C)C1CCCN(C)C1. The number of hydrogen-bond donors (Lipinski definition) is 0. The predicted molar refractivity (Wildman–Crippen MR) is 83.0 cm³/mol. The van der Waals surface area contributed by atoms with E-state index in [4.69, 9.17) is 11.6 Å². The van der Waals surface area contributed by atoms with Gasteiger partial charge in [-0.25, -0.2) is 4.98 Å². The Kier molecular flexibility index (Phi) is 5.63. The molecule has 1 aliphatic rings. The molecule has 108 valence electrons. The van der Waals surface area contributed by atoms with Crippen molar-refractivity contribution >= 4 is 22.9 Å². The van der Waals surface area contributed by atoms with Crippen molar-refractivity contribution in [1.82, 2.24) is 14.8 Å². The molecule has 0 aliphatic carbocycles. The highest BCUT2D eigenvalue weighted by atomic mass is 35.5. The van der Waals surface area contributed by atoms with Gasteiger partial charge in [0.05, 0.1) is 17.6 Å². The summed E-state index contributed by atoms with van der Waals surface area (Å²) in [7, 11) is 4.47. The maximum absolute atomic E-state index is 5.86. The van der Waals surface area contributed by atoms with Crippen LogP contribution < -0.4 is 0 Å². The zero-order valence-electron chi connectivity index (χ0n) is 12.1. The number of nitrogens with zero attached hydrogens (tertiary/aromatic N) is 3. The van der Waals surface area contributed by atoms with Crippen LogP contribution in [0.15, 0.2) is 5.38 Å². The fourth-order valence-corrected chi connectivity index (χ4v) is 4.18. The van der Waals surface area contributed by atoms with Gasteiger partial charge < -0.3 is 4.90 Å². The molecule has 0 aromatic carbocycles. The minimum atomic E-state index is 0.429. The monoisotopic (exact) mass is 301 g/mol. The molecule has 2 unspecified atom stereocenters. The average molecular weight is 302 g/mol. The number of likely N-dealkylation sites (N-methyl/N-ethyl adjacent to an activating group) is 2. The van der Waals surface area contributed by atoms with Crippen molar-refractivity contribution in [2.75, 3.05) is 27.2 Å². The second-order valence-electron chi connectivity index (χ2n) is 5.46. The highest BCUT2D eigenvalue weighted by molar-refractivity contribution is 7.09. The number of thiazole rings is 1. The summed E-state index contributed by atoms with van der Waals surface area (Å²) in [6.45, 7) is 4.64. The summed E-state index contributed by atoms with van der Waals surface area (Å²) in [5, 5.41) is 3.31. The van der Waals surface area contributed by atoms with Gasteiger partial charge in [0, 0.05) is 18.0 Å². The Morgan fingerprint density at radius 2 is 2.42 bits per heavy atom. The fraction of sp³-hybridized carbons (Fsp3) is 0.786. The lowest BCUT2D eigenvalue weighted by Crippen LogP contribution is -2.46. The molecule has 0 saturated carbocycles. The van der Waals surface area contributed by atoms with Crippen LogP contribution in [0.1, 0.15) is 42.9 Å². The molecule has 3 nitrogen and oxygen atoms in total. The van der Waals surface area contributed by atoms with Gasteiger partial charge in [-0.2, -0.15) is 0 Å². The lowest BCUT2D eigenvalue weighted by atomic mass is 10.0. The Labute approximate surface area is 125 Å². The molecule has 0 bridgehead atoms. The molecule has 0 amide bonds. The van der Waals surface area contributed by atoms with Crippen molar-refractivity contribution in [3.63, 3.8) is 0 Å². The predicted octanol–water partition coefficient (Wildman–Crippen LogP) is 3.36. The van der Waals surface area contributed by atoms with Gasteiger partial charge in [-0.05, 0) is 39.9 Å². The topological polar surface area (TPSA) is 19.4 Å². The Morgan fingerprint density at radius 3 is 3.00 bits per heavy atom. The zero-order chi connectivity index (χ0) is 13.8. The van der Waals surface area contributed by atoms with Crippen LogP contribution in [0.2, 0.25) is 0 Å². The van der Waals surface area contributed by atoms with Crippen molar-refractivity contribution in [3.05, 3.63) is 16.1 Å². The van der Waals surface area contributed by atoms with Gasteiger partial charge in [-0.15, -0.1) is 22.9 Å². The third-order valence-electron chi connectivity index (χ3n) is 4.05. The minimum absolute atomic E-state index is 0.429. The van der Waals surface area contributed by atoms with Gasteiger partial charge in [0.2, 0.25) is 0 Å². The van der Waals surface area contributed by atoms with E-state index in [2.05, 4.69) is 41.2 Å². The molecule has 1 aliphatic heterocycles. The Bertz CT molecular complexity index is 396. The first kappa shape index (κ1) is 15.2. The molecule has 1 aromatic heterocycles. The van der Waals surface area contributed by atoms with E-state index in [0.717, 1.165) is 12.1 Å². The lowest BCUT2D eigenvalue weighted by molar-refractivity contribution is 0.0962. The van der Waals surface area contributed by atoms with Gasteiger partial charge in [0.25, 0.3) is 0 Å². The molecular weight excluding hydrogens is 278 g/mol. The van der Waals surface area contributed by atoms with Crippen molar-refractivity contribution < 1.29 is 0 Å². The summed E-state index contributed by atoms with van der Waals surface area (Å²) in [5.74, 6) is 0.517. The smallest absolute Gasteiger partial charge is 0.110 e. The molecule has 2 rings (SSSR count). The molecule has 1 aromatic rings. The molecule has 0 radical (unpaired) electrons. The van der Waals surface area contributed by atoms with E-state index in [1.807, 2.05) is 0 Å². The fourth-order valence-electron chi connectivity index (χ4n) is 2.90. The number of rotatable bonds is 5. The molecule has 2 heterocycles. The highest BCUT2D eigenvalue weighted by Gasteiger charge is 2.27. The number of likely N-dealkylation sites (tertiary alicyclic amines) is 1. The van der Waals surface area contributed by atoms with E-state index in [-0.39, 0.29) is 0 Å². The molecule has 2 atom stereocenters. The average Bonchev–Trinajstić information content (AvgIpc) is 2.88.